The molecule has 5 nitrogen and oxygen atoms in total. The summed E-state index contributed by atoms with van der Waals surface area (Å²) in [6, 6.07) is 13.6. The normalized spacial score (nSPS) is 12.1. The maximum absolute atomic E-state index is 9.41. The number of rotatable bonds is 6. The largest absolute Gasteiger partial charge is 0.394 e. The average molecular weight is 327 g/mol. The van der Waals surface area contributed by atoms with Gasteiger partial charge in [0.2, 0.25) is 0 Å². The van der Waals surface area contributed by atoms with Crippen molar-refractivity contribution in [1.82, 2.24) is 9.97 Å². The van der Waals surface area contributed by atoms with Crippen LogP contribution >= 0.6 is 11.3 Å². The standard InChI is InChI=1S/C17H17N3O2S/c21-10-14(22)9-19-13-5-3-4-12(8-13)17-20-16(11-23-17)15-6-1-2-7-18-15/h1-8,11,14,19,21-22H,9-10H2. The average Bonchev–Trinajstić information content (AvgIpc) is 3.11. The summed E-state index contributed by atoms with van der Waals surface area (Å²) in [5.41, 5.74) is 3.60. The molecule has 23 heavy (non-hydrogen) atoms. The van der Waals surface area contributed by atoms with Gasteiger partial charge in [0, 0.05) is 29.4 Å². The number of aromatic nitrogens is 2. The molecule has 3 N–H and O–H groups in total. The molecule has 118 valence electrons. The van der Waals surface area contributed by atoms with Gasteiger partial charge in [-0.3, -0.25) is 4.98 Å². The minimum absolute atomic E-state index is 0.257. The van der Waals surface area contributed by atoms with E-state index in [2.05, 4.69) is 15.3 Å². The molecule has 0 aliphatic heterocycles. The number of anilines is 1. The Morgan fingerprint density at radius 3 is 2.83 bits per heavy atom. The number of pyridine rings is 1. The van der Waals surface area contributed by atoms with E-state index in [0.29, 0.717) is 6.54 Å². The van der Waals surface area contributed by atoms with Crippen LogP contribution in [0, 0.1) is 0 Å². The quantitative estimate of drug-likeness (QED) is 0.649. The van der Waals surface area contributed by atoms with Gasteiger partial charge in [0.05, 0.1) is 18.4 Å². The zero-order valence-electron chi connectivity index (χ0n) is 12.4. The number of nitrogens with one attached hydrogen (secondary N) is 1. The first-order valence-electron chi connectivity index (χ1n) is 7.26. The lowest BCUT2D eigenvalue weighted by Crippen LogP contribution is -2.22. The fraction of sp³-hybridized carbons (Fsp3) is 0.176. The van der Waals surface area contributed by atoms with Crippen molar-refractivity contribution in [3.05, 3.63) is 54.0 Å². The van der Waals surface area contributed by atoms with Gasteiger partial charge in [0.25, 0.3) is 0 Å². The highest BCUT2D eigenvalue weighted by Crippen LogP contribution is 2.29. The molecule has 2 heterocycles. The third-order valence-electron chi connectivity index (χ3n) is 3.29. The second-order valence-corrected chi connectivity index (χ2v) is 5.91. The predicted octanol–water partition coefficient (Wildman–Crippen LogP) is 2.64. The number of thiazole rings is 1. The van der Waals surface area contributed by atoms with Gasteiger partial charge in [-0.2, -0.15) is 0 Å². The first-order chi connectivity index (χ1) is 11.3. The molecule has 0 spiro atoms. The highest BCUT2D eigenvalue weighted by molar-refractivity contribution is 7.13. The van der Waals surface area contributed by atoms with Gasteiger partial charge < -0.3 is 15.5 Å². The van der Waals surface area contributed by atoms with Crippen molar-refractivity contribution in [3.8, 4) is 22.0 Å². The zero-order valence-corrected chi connectivity index (χ0v) is 13.2. The van der Waals surface area contributed by atoms with Crippen LogP contribution < -0.4 is 5.32 Å². The Morgan fingerprint density at radius 2 is 2.04 bits per heavy atom. The SMILES string of the molecule is OCC(O)CNc1cccc(-c2nc(-c3ccccn3)cs2)c1. The molecule has 2 aromatic heterocycles. The van der Waals surface area contributed by atoms with Crippen LogP contribution in [0.1, 0.15) is 0 Å². The van der Waals surface area contributed by atoms with Gasteiger partial charge in [-0.1, -0.05) is 18.2 Å². The first kappa shape index (κ1) is 15.6. The Kier molecular flexibility index (Phi) is 4.97. The van der Waals surface area contributed by atoms with Crippen LogP contribution in [0.2, 0.25) is 0 Å². The van der Waals surface area contributed by atoms with Crippen LogP contribution in [0.25, 0.3) is 22.0 Å². The van der Waals surface area contributed by atoms with Crippen molar-refractivity contribution in [3.63, 3.8) is 0 Å². The lowest BCUT2D eigenvalue weighted by atomic mass is 10.2. The molecule has 0 fully saturated rings. The topological polar surface area (TPSA) is 78.3 Å². The molecule has 6 heteroatoms. The third-order valence-corrected chi connectivity index (χ3v) is 4.18. The molecule has 0 saturated heterocycles. The van der Waals surface area contributed by atoms with E-state index in [-0.39, 0.29) is 6.61 Å². The van der Waals surface area contributed by atoms with E-state index in [1.165, 1.54) is 0 Å². The Balaban J connectivity index is 1.78. The summed E-state index contributed by atoms with van der Waals surface area (Å²) < 4.78 is 0. The van der Waals surface area contributed by atoms with E-state index in [1.807, 2.05) is 47.8 Å². The second kappa shape index (κ2) is 7.32. The molecule has 0 saturated carbocycles. The zero-order chi connectivity index (χ0) is 16.1. The van der Waals surface area contributed by atoms with E-state index >= 15 is 0 Å². The Labute approximate surface area is 138 Å². The molecule has 0 radical (unpaired) electrons. The van der Waals surface area contributed by atoms with Crippen molar-refractivity contribution in [2.75, 3.05) is 18.5 Å². The van der Waals surface area contributed by atoms with E-state index in [1.54, 1.807) is 17.5 Å². The molecule has 0 aliphatic carbocycles. The van der Waals surface area contributed by atoms with Crippen molar-refractivity contribution in [2.45, 2.75) is 6.10 Å². The molecule has 0 amide bonds. The minimum atomic E-state index is -0.769. The summed E-state index contributed by atoms with van der Waals surface area (Å²) in [7, 11) is 0. The number of hydrogen-bond acceptors (Lipinski definition) is 6. The molecule has 0 aliphatic rings. The summed E-state index contributed by atoms with van der Waals surface area (Å²) in [5, 5.41) is 24.3. The van der Waals surface area contributed by atoms with Crippen molar-refractivity contribution in [1.29, 1.82) is 0 Å². The van der Waals surface area contributed by atoms with Gasteiger partial charge in [-0.05, 0) is 24.3 Å². The van der Waals surface area contributed by atoms with E-state index in [4.69, 9.17) is 5.11 Å². The second-order valence-electron chi connectivity index (χ2n) is 5.05. The highest BCUT2D eigenvalue weighted by atomic mass is 32.1. The maximum Gasteiger partial charge on any atom is 0.124 e. The van der Waals surface area contributed by atoms with Gasteiger partial charge in [-0.15, -0.1) is 11.3 Å². The Morgan fingerprint density at radius 1 is 1.13 bits per heavy atom. The molecule has 1 atom stereocenters. The van der Waals surface area contributed by atoms with Crippen LogP contribution in [0.15, 0.2) is 54.0 Å². The van der Waals surface area contributed by atoms with Crippen LogP contribution in [0.5, 0.6) is 0 Å². The summed E-state index contributed by atoms with van der Waals surface area (Å²) in [5.74, 6) is 0. The highest BCUT2D eigenvalue weighted by Gasteiger charge is 2.08. The molecular weight excluding hydrogens is 310 g/mol. The molecule has 3 rings (SSSR count). The van der Waals surface area contributed by atoms with E-state index in [9.17, 15) is 5.11 Å². The molecule has 3 aromatic rings. The van der Waals surface area contributed by atoms with E-state index < -0.39 is 6.10 Å². The van der Waals surface area contributed by atoms with Gasteiger partial charge in [-0.25, -0.2) is 4.98 Å². The first-order valence-corrected chi connectivity index (χ1v) is 8.14. The minimum Gasteiger partial charge on any atom is -0.394 e. The van der Waals surface area contributed by atoms with Crippen molar-refractivity contribution >= 4 is 17.0 Å². The summed E-state index contributed by atoms with van der Waals surface area (Å²) in [6.07, 6.45) is 0.986. The lowest BCUT2D eigenvalue weighted by molar-refractivity contribution is 0.105. The fourth-order valence-corrected chi connectivity index (χ4v) is 2.91. The number of benzene rings is 1. The Bertz CT molecular complexity index is 761. The number of aliphatic hydroxyl groups excluding tert-OH is 2. The van der Waals surface area contributed by atoms with Gasteiger partial charge in [0.15, 0.2) is 0 Å². The number of hydrogen-bond donors (Lipinski definition) is 3. The van der Waals surface area contributed by atoms with Crippen LogP contribution in [0.4, 0.5) is 5.69 Å². The lowest BCUT2D eigenvalue weighted by Gasteiger charge is -2.10. The third kappa shape index (κ3) is 3.92. The maximum atomic E-state index is 9.41. The van der Waals surface area contributed by atoms with Crippen molar-refractivity contribution in [2.24, 2.45) is 0 Å². The van der Waals surface area contributed by atoms with Crippen molar-refractivity contribution < 1.29 is 10.2 Å². The molecule has 1 aromatic carbocycles. The van der Waals surface area contributed by atoms with Crippen LogP contribution in [-0.2, 0) is 0 Å². The summed E-state index contributed by atoms with van der Waals surface area (Å²) in [6.45, 7) is 0.0453. The smallest absolute Gasteiger partial charge is 0.124 e. The van der Waals surface area contributed by atoms with Crippen LogP contribution in [-0.4, -0.2) is 39.4 Å². The molecule has 0 bridgehead atoms. The van der Waals surface area contributed by atoms with Gasteiger partial charge >= 0.3 is 0 Å². The summed E-state index contributed by atoms with van der Waals surface area (Å²) in [4.78, 5) is 8.95. The monoisotopic (exact) mass is 327 g/mol. The van der Waals surface area contributed by atoms with Crippen LogP contribution in [0.3, 0.4) is 0 Å². The molecule has 1 unspecified atom stereocenters. The molecular formula is C17H17N3O2S. The Hall–Kier alpha value is -2.28. The fourth-order valence-electron chi connectivity index (χ4n) is 2.10. The van der Waals surface area contributed by atoms with E-state index in [0.717, 1.165) is 27.6 Å². The number of nitrogens with zero attached hydrogens (tertiary/aromatic N) is 2. The summed E-state index contributed by atoms with van der Waals surface area (Å²) >= 11 is 1.57. The predicted molar refractivity (Wildman–Crippen MR) is 92.4 cm³/mol. The van der Waals surface area contributed by atoms with Gasteiger partial charge in [0.1, 0.15) is 10.7 Å². The number of aliphatic hydroxyl groups is 2.